The SMILES string of the molecule is C=CCn1c(=O)c2cnc(Nc3ccc(C(CN(C)C)C4C(=O)C5CCN4C5)cc3)nc2n1-c1cccc(N=S(C)(C)=O)n1. The first-order chi connectivity index (χ1) is 21.0. The minimum atomic E-state index is -2.44. The van der Waals surface area contributed by atoms with E-state index in [1.165, 1.54) is 23.4 Å². The van der Waals surface area contributed by atoms with Crippen LogP contribution in [0.2, 0.25) is 0 Å². The Bertz CT molecular complexity index is 1910. The van der Waals surface area contributed by atoms with E-state index in [0.717, 1.165) is 37.3 Å². The van der Waals surface area contributed by atoms with E-state index in [-0.39, 0.29) is 30.0 Å². The zero-order chi connectivity index (χ0) is 31.2. The molecule has 0 radical (unpaired) electrons. The van der Waals surface area contributed by atoms with Crippen LogP contribution in [0.5, 0.6) is 0 Å². The number of anilines is 2. The van der Waals surface area contributed by atoms with Crippen molar-refractivity contribution in [3.05, 3.63) is 77.2 Å². The number of benzene rings is 1. The van der Waals surface area contributed by atoms with Crippen LogP contribution in [0.4, 0.5) is 17.5 Å². The Hall–Kier alpha value is -4.20. The van der Waals surface area contributed by atoms with Crippen molar-refractivity contribution in [2.75, 3.05) is 51.6 Å². The van der Waals surface area contributed by atoms with Crippen LogP contribution in [0.25, 0.3) is 16.9 Å². The summed E-state index contributed by atoms with van der Waals surface area (Å²) in [6.45, 7) is 6.65. The fraction of sp³-hybridized carbons (Fsp3) is 0.387. The number of ketones is 1. The van der Waals surface area contributed by atoms with Crippen LogP contribution in [-0.4, -0.2) is 96.4 Å². The molecule has 2 aliphatic heterocycles. The van der Waals surface area contributed by atoms with Gasteiger partial charge in [-0.25, -0.2) is 23.5 Å². The minimum absolute atomic E-state index is 0.0762. The first kappa shape index (κ1) is 29.9. The number of carbonyl (C=O) groups is 1. The lowest BCUT2D eigenvalue weighted by molar-refractivity contribution is -0.125. The van der Waals surface area contributed by atoms with Gasteiger partial charge in [0.05, 0.1) is 12.6 Å². The highest BCUT2D eigenvalue weighted by atomic mass is 32.2. The van der Waals surface area contributed by atoms with Gasteiger partial charge in [0.15, 0.2) is 23.1 Å². The van der Waals surface area contributed by atoms with Crippen LogP contribution in [-0.2, 0) is 21.1 Å². The largest absolute Gasteiger partial charge is 0.324 e. The molecule has 3 aromatic heterocycles. The molecular weight excluding hydrogens is 578 g/mol. The third-order valence-electron chi connectivity index (χ3n) is 8.07. The Morgan fingerprint density at radius 1 is 1.16 bits per heavy atom. The van der Waals surface area contributed by atoms with Gasteiger partial charge in [0.25, 0.3) is 5.56 Å². The lowest BCUT2D eigenvalue weighted by Gasteiger charge is -2.33. The van der Waals surface area contributed by atoms with Crippen molar-refractivity contribution in [1.29, 1.82) is 0 Å². The average molecular weight is 616 g/mol. The molecule has 0 saturated carbocycles. The number of aromatic nitrogens is 5. The van der Waals surface area contributed by atoms with E-state index in [4.69, 9.17) is 4.98 Å². The van der Waals surface area contributed by atoms with Crippen LogP contribution < -0.4 is 10.9 Å². The summed E-state index contributed by atoms with van der Waals surface area (Å²) in [6.07, 6.45) is 7.16. The predicted octanol–water partition coefficient (Wildman–Crippen LogP) is 3.18. The van der Waals surface area contributed by atoms with E-state index in [0.29, 0.717) is 34.4 Å². The average Bonchev–Trinajstić information content (AvgIpc) is 3.64. The van der Waals surface area contributed by atoms with Gasteiger partial charge in [-0.05, 0) is 56.9 Å². The molecule has 0 amide bonds. The molecule has 6 rings (SSSR count). The van der Waals surface area contributed by atoms with Gasteiger partial charge in [0.2, 0.25) is 5.95 Å². The molecular formula is C31H37N9O3S. The summed E-state index contributed by atoms with van der Waals surface area (Å²) in [5, 5.41) is 3.58. The van der Waals surface area contributed by atoms with Gasteiger partial charge in [-0.15, -0.1) is 6.58 Å². The molecule has 13 heteroatoms. The molecule has 1 aromatic carbocycles. The summed E-state index contributed by atoms with van der Waals surface area (Å²) in [5.74, 6) is 1.61. The number of piperidine rings is 1. The molecule has 4 unspecified atom stereocenters. The maximum Gasteiger partial charge on any atom is 0.278 e. The quantitative estimate of drug-likeness (QED) is 0.267. The highest BCUT2D eigenvalue weighted by Gasteiger charge is 2.48. The number of nitrogens with one attached hydrogen (secondary N) is 1. The normalized spacial score (nSPS) is 20.4. The molecule has 2 aliphatic rings. The first-order valence-electron chi connectivity index (χ1n) is 14.6. The first-order valence-corrected chi connectivity index (χ1v) is 16.9. The Morgan fingerprint density at radius 2 is 1.93 bits per heavy atom. The summed E-state index contributed by atoms with van der Waals surface area (Å²) in [5.41, 5.74) is 1.96. The topological polar surface area (TPSA) is 131 Å². The number of rotatable bonds is 10. The second-order valence-electron chi connectivity index (χ2n) is 12.0. The zero-order valence-electron chi connectivity index (χ0n) is 25.4. The lowest BCUT2D eigenvalue weighted by Crippen LogP contribution is -2.44. The molecule has 230 valence electrons. The van der Waals surface area contributed by atoms with Gasteiger partial charge < -0.3 is 10.2 Å². The van der Waals surface area contributed by atoms with Crippen molar-refractivity contribution >= 4 is 44.0 Å². The van der Waals surface area contributed by atoms with Gasteiger partial charge in [0, 0.05) is 59.1 Å². The summed E-state index contributed by atoms with van der Waals surface area (Å²) in [6, 6.07) is 13.1. The van der Waals surface area contributed by atoms with Gasteiger partial charge in [-0.1, -0.05) is 24.3 Å². The fourth-order valence-corrected chi connectivity index (χ4v) is 6.84. The van der Waals surface area contributed by atoms with Crippen LogP contribution in [0.15, 0.2) is 70.5 Å². The Morgan fingerprint density at radius 3 is 2.59 bits per heavy atom. The number of Topliss-reactive ketones (excluding diaryl/α,β-unsaturated/α-hetero) is 1. The number of hydrogen-bond acceptors (Lipinski definition) is 10. The van der Waals surface area contributed by atoms with E-state index < -0.39 is 9.73 Å². The van der Waals surface area contributed by atoms with E-state index >= 15 is 0 Å². The Labute approximate surface area is 256 Å². The molecule has 4 aromatic rings. The van der Waals surface area contributed by atoms with Crippen LogP contribution in [0.1, 0.15) is 17.9 Å². The number of fused-ring (bicyclic) bond motifs is 3. The van der Waals surface area contributed by atoms with Crippen molar-refractivity contribution < 1.29 is 9.00 Å². The van der Waals surface area contributed by atoms with E-state index in [9.17, 15) is 13.8 Å². The highest BCUT2D eigenvalue weighted by Crippen LogP contribution is 2.38. The maximum atomic E-state index is 13.3. The molecule has 44 heavy (non-hydrogen) atoms. The summed E-state index contributed by atoms with van der Waals surface area (Å²) in [7, 11) is 1.64. The highest BCUT2D eigenvalue weighted by molar-refractivity contribution is 7.92. The summed E-state index contributed by atoms with van der Waals surface area (Å²) < 4.78 is 19.6. The van der Waals surface area contributed by atoms with Crippen LogP contribution in [0.3, 0.4) is 0 Å². The maximum absolute atomic E-state index is 13.3. The number of hydrogen-bond donors (Lipinski definition) is 1. The van der Waals surface area contributed by atoms with Crippen molar-refractivity contribution in [2.24, 2.45) is 10.3 Å². The molecule has 2 fully saturated rings. The predicted molar refractivity (Wildman–Crippen MR) is 173 cm³/mol. The Kier molecular flexibility index (Phi) is 7.95. The fourth-order valence-electron chi connectivity index (χ4n) is 6.28. The molecule has 0 aliphatic carbocycles. The standard InChI is InChI=1S/C31H37N9O3S/c1-6-15-39-30(42)23-17-32-31(35-29(23)40(39)26-9-7-8-25(34-26)36-44(4,5)43)33-22-12-10-20(11-13-22)24(19-37(2)3)27-28(41)21-14-16-38(27)18-21/h6-13,17,21,24,27H,1,14-16,18-19H2,2-5H3,(H,32,33,35). The van der Waals surface area contributed by atoms with Crippen LogP contribution >= 0.6 is 0 Å². The van der Waals surface area contributed by atoms with Gasteiger partial charge in [-0.2, -0.15) is 9.35 Å². The second kappa shape index (κ2) is 11.7. The van der Waals surface area contributed by atoms with Crippen molar-refractivity contribution in [1.82, 2.24) is 34.1 Å². The smallest absolute Gasteiger partial charge is 0.278 e. The summed E-state index contributed by atoms with van der Waals surface area (Å²) >= 11 is 0. The van der Waals surface area contributed by atoms with Crippen molar-refractivity contribution in [2.45, 2.75) is 24.9 Å². The minimum Gasteiger partial charge on any atom is -0.324 e. The Balaban J connectivity index is 1.33. The third kappa shape index (κ3) is 5.82. The van der Waals surface area contributed by atoms with Crippen LogP contribution in [0, 0.1) is 5.92 Å². The van der Waals surface area contributed by atoms with Gasteiger partial charge in [-0.3, -0.25) is 14.5 Å². The molecule has 2 bridgehead atoms. The molecule has 12 nitrogen and oxygen atoms in total. The van der Waals surface area contributed by atoms with E-state index in [1.54, 1.807) is 29.0 Å². The molecule has 2 saturated heterocycles. The second-order valence-corrected chi connectivity index (χ2v) is 14.5. The lowest BCUT2D eigenvalue weighted by atomic mass is 9.84. The summed E-state index contributed by atoms with van der Waals surface area (Å²) in [4.78, 5) is 44.6. The molecule has 4 atom stereocenters. The van der Waals surface area contributed by atoms with Gasteiger partial charge >= 0.3 is 0 Å². The zero-order valence-corrected chi connectivity index (χ0v) is 26.2. The van der Waals surface area contributed by atoms with E-state index in [1.807, 2.05) is 26.2 Å². The molecule has 5 heterocycles. The molecule has 1 N–H and O–H groups in total. The van der Waals surface area contributed by atoms with Gasteiger partial charge in [0.1, 0.15) is 5.39 Å². The number of likely N-dealkylation sites (N-methyl/N-ethyl adjacent to an activating group) is 1. The third-order valence-corrected chi connectivity index (χ3v) is 8.70. The monoisotopic (exact) mass is 615 g/mol. The number of allylic oxidation sites excluding steroid dienone is 1. The van der Waals surface area contributed by atoms with Crippen molar-refractivity contribution in [3.63, 3.8) is 0 Å². The molecule has 0 spiro atoms. The number of nitrogens with zero attached hydrogens (tertiary/aromatic N) is 8. The number of pyridine rings is 1. The van der Waals surface area contributed by atoms with Crippen molar-refractivity contribution in [3.8, 4) is 5.82 Å². The van der Waals surface area contributed by atoms with E-state index in [2.05, 4.69) is 48.2 Å². The number of carbonyl (C=O) groups excluding carboxylic acids is 1.